The fourth-order valence-electron chi connectivity index (χ4n) is 1.25. The SMILES string of the molecule is CCCCCC(COCCC)OC. The minimum absolute atomic E-state index is 0.304. The molecule has 0 bridgehead atoms. The van der Waals surface area contributed by atoms with E-state index in [9.17, 15) is 0 Å². The number of hydrogen-bond donors (Lipinski definition) is 0. The van der Waals surface area contributed by atoms with E-state index >= 15 is 0 Å². The third kappa shape index (κ3) is 8.26. The van der Waals surface area contributed by atoms with Crippen LogP contribution in [0.25, 0.3) is 0 Å². The van der Waals surface area contributed by atoms with Crippen molar-refractivity contribution < 1.29 is 9.47 Å². The molecule has 2 heteroatoms. The normalized spacial score (nSPS) is 13.2. The van der Waals surface area contributed by atoms with E-state index in [1.807, 2.05) is 0 Å². The topological polar surface area (TPSA) is 18.5 Å². The van der Waals surface area contributed by atoms with Gasteiger partial charge in [-0.05, 0) is 12.8 Å². The van der Waals surface area contributed by atoms with Crippen molar-refractivity contribution >= 4 is 0 Å². The van der Waals surface area contributed by atoms with Gasteiger partial charge in [0.05, 0.1) is 12.7 Å². The predicted octanol–water partition coefficient (Wildman–Crippen LogP) is 3.01. The summed E-state index contributed by atoms with van der Waals surface area (Å²) in [6.07, 6.45) is 6.35. The van der Waals surface area contributed by atoms with Gasteiger partial charge in [0, 0.05) is 13.7 Å². The van der Waals surface area contributed by atoms with E-state index in [4.69, 9.17) is 9.47 Å². The average molecular weight is 188 g/mol. The van der Waals surface area contributed by atoms with Gasteiger partial charge in [0.2, 0.25) is 0 Å². The summed E-state index contributed by atoms with van der Waals surface area (Å²) >= 11 is 0. The Morgan fingerprint density at radius 1 is 1.08 bits per heavy atom. The largest absolute Gasteiger partial charge is 0.379 e. The summed E-state index contributed by atoms with van der Waals surface area (Å²) in [5.41, 5.74) is 0. The Hall–Kier alpha value is -0.0800. The molecule has 0 saturated heterocycles. The highest BCUT2D eigenvalue weighted by atomic mass is 16.5. The fraction of sp³-hybridized carbons (Fsp3) is 1.00. The molecule has 80 valence electrons. The molecule has 0 amide bonds. The van der Waals surface area contributed by atoms with Crippen LogP contribution in [0.15, 0.2) is 0 Å². The first kappa shape index (κ1) is 12.9. The Labute approximate surface area is 82.6 Å². The fourth-order valence-corrected chi connectivity index (χ4v) is 1.25. The van der Waals surface area contributed by atoms with Crippen LogP contribution in [0.1, 0.15) is 46.0 Å². The van der Waals surface area contributed by atoms with Gasteiger partial charge in [-0.15, -0.1) is 0 Å². The van der Waals surface area contributed by atoms with Crippen LogP contribution < -0.4 is 0 Å². The van der Waals surface area contributed by atoms with Gasteiger partial charge in [-0.2, -0.15) is 0 Å². The van der Waals surface area contributed by atoms with Crippen LogP contribution >= 0.6 is 0 Å². The average Bonchev–Trinajstić information content (AvgIpc) is 2.16. The first-order chi connectivity index (χ1) is 6.35. The second kappa shape index (κ2) is 10.0. The summed E-state index contributed by atoms with van der Waals surface area (Å²) in [5.74, 6) is 0. The van der Waals surface area contributed by atoms with Crippen molar-refractivity contribution in [3.8, 4) is 0 Å². The standard InChI is InChI=1S/C11H24O2/c1-4-6-7-8-11(12-3)10-13-9-5-2/h11H,4-10H2,1-3H3. The third-order valence-electron chi connectivity index (χ3n) is 2.12. The lowest BCUT2D eigenvalue weighted by Gasteiger charge is -2.14. The first-order valence-corrected chi connectivity index (χ1v) is 5.45. The molecule has 0 aliphatic rings. The highest BCUT2D eigenvalue weighted by molar-refractivity contribution is 4.56. The van der Waals surface area contributed by atoms with Crippen molar-refractivity contribution in [1.29, 1.82) is 0 Å². The summed E-state index contributed by atoms with van der Waals surface area (Å²) in [6.45, 7) is 5.95. The lowest BCUT2D eigenvalue weighted by Crippen LogP contribution is -2.18. The molecule has 0 aromatic heterocycles. The van der Waals surface area contributed by atoms with E-state index in [0.717, 1.165) is 26.1 Å². The third-order valence-corrected chi connectivity index (χ3v) is 2.12. The molecular formula is C11H24O2. The molecule has 0 heterocycles. The van der Waals surface area contributed by atoms with Gasteiger partial charge < -0.3 is 9.47 Å². The van der Waals surface area contributed by atoms with Gasteiger partial charge in [-0.1, -0.05) is 33.1 Å². The molecule has 1 unspecified atom stereocenters. The Morgan fingerprint density at radius 2 is 1.85 bits per heavy atom. The van der Waals surface area contributed by atoms with E-state index in [-0.39, 0.29) is 0 Å². The molecule has 0 saturated carbocycles. The van der Waals surface area contributed by atoms with Gasteiger partial charge >= 0.3 is 0 Å². The van der Waals surface area contributed by atoms with E-state index in [1.165, 1.54) is 19.3 Å². The van der Waals surface area contributed by atoms with Crippen molar-refractivity contribution in [3.63, 3.8) is 0 Å². The minimum atomic E-state index is 0.304. The number of hydrogen-bond acceptors (Lipinski definition) is 2. The molecule has 0 aliphatic heterocycles. The zero-order chi connectivity index (χ0) is 9.94. The summed E-state index contributed by atoms with van der Waals surface area (Å²) < 4.78 is 10.8. The van der Waals surface area contributed by atoms with Crippen molar-refractivity contribution in [2.75, 3.05) is 20.3 Å². The van der Waals surface area contributed by atoms with Gasteiger partial charge in [-0.3, -0.25) is 0 Å². The number of unbranched alkanes of at least 4 members (excludes halogenated alkanes) is 2. The van der Waals surface area contributed by atoms with Crippen LogP contribution in [-0.4, -0.2) is 26.4 Å². The van der Waals surface area contributed by atoms with Crippen molar-refractivity contribution in [2.45, 2.75) is 52.1 Å². The van der Waals surface area contributed by atoms with Crippen molar-refractivity contribution in [2.24, 2.45) is 0 Å². The Bertz CT molecular complexity index is 84.1. The molecule has 2 nitrogen and oxygen atoms in total. The van der Waals surface area contributed by atoms with Crippen LogP contribution in [0.3, 0.4) is 0 Å². The molecule has 0 N–H and O–H groups in total. The Kier molecular flexibility index (Phi) is 9.94. The van der Waals surface area contributed by atoms with Crippen molar-refractivity contribution in [3.05, 3.63) is 0 Å². The highest BCUT2D eigenvalue weighted by Crippen LogP contribution is 2.06. The summed E-state index contributed by atoms with van der Waals surface area (Å²) in [7, 11) is 1.77. The van der Waals surface area contributed by atoms with E-state index in [2.05, 4.69) is 13.8 Å². The zero-order valence-corrected chi connectivity index (χ0v) is 9.34. The van der Waals surface area contributed by atoms with Crippen LogP contribution in [-0.2, 0) is 9.47 Å². The number of ether oxygens (including phenoxy) is 2. The zero-order valence-electron chi connectivity index (χ0n) is 9.34. The molecule has 0 spiro atoms. The highest BCUT2D eigenvalue weighted by Gasteiger charge is 2.05. The van der Waals surface area contributed by atoms with Crippen LogP contribution in [0, 0.1) is 0 Å². The number of rotatable bonds is 9. The Morgan fingerprint density at radius 3 is 2.38 bits per heavy atom. The van der Waals surface area contributed by atoms with Crippen LogP contribution in [0.2, 0.25) is 0 Å². The lowest BCUT2D eigenvalue weighted by atomic mass is 10.1. The van der Waals surface area contributed by atoms with Crippen molar-refractivity contribution in [1.82, 2.24) is 0 Å². The summed E-state index contributed by atoms with van der Waals surface area (Å²) in [5, 5.41) is 0. The molecule has 0 rings (SSSR count). The molecule has 0 aliphatic carbocycles. The lowest BCUT2D eigenvalue weighted by molar-refractivity contribution is 0.00346. The first-order valence-electron chi connectivity index (χ1n) is 5.45. The molecule has 0 fully saturated rings. The summed E-state index contributed by atoms with van der Waals surface area (Å²) in [6, 6.07) is 0. The summed E-state index contributed by atoms with van der Waals surface area (Å²) in [4.78, 5) is 0. The predicted molar refractivity (Wildman–Crippen MR) is 56.0 cm³/mol. The second-order valence-electron chi connectivity index (χ2n) is 3.43. The molecule has 0 radical (unpaired) electrons. The van der Waals surface area contributed by atoms with E-state index < -0.39 is 0 Å². The molecule has 0 aromatic carbocycles. The Balaban J connectivity index is 3.28. The van der Waals surface area contributed by atoms with Crippen LogP contribution in [0.5, 0.6) is 0 Å². The molecule has 1 atom stereocenters. The molecule has 13 heavy (non-hydrogen) atoms. The maximum absolute atomic E-state index is 5.44. The van der Waals surface area contributed by atoms with E-state index in [1.54, 1.807) is 7.11 Å². The quantitative estimate of drug-likeness (QED) is 0.518. The van der Waals surface area contributed by atoms with E-state index in [0.29, 0.717) is 6.10 Å². The minimum Gasteiger partial charge on any atom is -0.379 e. The number of methoxy groups -OCH3 is 1. The second-order valence-corrected chi connectivity index (χ2v) is 3.43. The smallest absolute Gasteiger partial charge is 0.0804 e. The van der Waals surface area contributed by atoms with Gasteiger partial charge in [0.15, 0.2) is 0 Å². The maximum atomic E-state index is 5.44. The molecular weight excluding hydrogens is 164 g/mol. The molecule has 0 aromatic rings. The van der Waals surface area contributed by atoms with Crippen LogP contribution in [0.4, 0.5) is 0 Å². The maximum Gasteiger partial charge on any atom is 0.0804 e. The van der Waals surface area contributed by atoms with Gasteiger partial charge in [0.1, 0.15) is 0 Å². The van der Waals surface area contributed by atoms with Gasteiger partial charge in [0.25, 0.3) is 0 Å². The monoisotopic (exact) mass is 188 g/mol. The van der Waals surface area contributed by atoms with Gasteiger partial charge in [-0.25, -0.2) is 0 Å².